The number of hydrogen-bond donors (Lipinski definition) is 1. The van der Waals surface area contributed by atoms with E-state index in [2.05, 4.69) is 172 Å². The van der Waals surface area contributed by atoms with E-state index in [1.807, 2.05) is 30.5 Å². The Bertz CT molecular complexity index is 3450. The minimum atomic E-state index is -0.111. The van der Waals surface area contributed by atoms with Crippen LogP contribution >= 0.6 is 0 Å². The Morgan fingerprint density at radius 2 is 1.31 bits per heavy atom. The summed E-state index contributed by atoms with van der Waals surface area (Å²) in [5, 5.41) is 6.92. The monoisotopic (exact) mass is 764 g/mol. The summed E-state index contributed by atoms with van der Waals surface area (Å²) in [7, 11) is 0. The quantitative estimate of drug-likeness (QED) is 0.194. The molecule has 0 amide bonds. The molecule has 0 aliphatic carbocycles. The number of aromatic amines is 1. The zero-order chi connectivity index (χ0) is 40.2. The summed E-state index contributed by atoms with van der Waals surface area (Å²) in [6.45, 7) is 13.7. The molecular formula is C54H44N4O. The lowest BCUT2D eigenvalue weighted by Gasteiger charge is -2.21. The third-order valence-electron chi connectivity index (χ3n) is 12.1. The molecule has 7 aromatic carbocycles. The second kappa shape index (κ2) is 12.8. The summed E-state index contributed by atoms with van der Waals surface area (Å²) >= 11 is 0. The first-order chi connectivity index (χ1) is 28.5. The van der Waals surface area contributed by atoms with Crippen molar-refractivity contribution in [3.05, 3.63) is 163 Å². The molecule has 0 fully saturated rings. The number of nitrogens with zero attached hydrogens (tertiary/aromatic N) is 3. The van der Waals surface area contributed by atoms with Gasteiger partial charge in [-0.25, -0.2) is 4.98 Å². The molecule has 5 heteroatoms. The van der Waals surface area contributed by atoms with Gasteiger partial charge < -0.3 is 9.40 Å². The van der Waals surface area contributed by atoms with Gasteiger partial charge in [0.25, 0.3) is 0 Å². The van der Waals surface area contributed by atoms with Crippen molar-refractivity contribution in [1.82, 2.24) is 19.5 Å². The van der Waals surface area contributed by atoms with E-state index in [4.69, 9.17) is 14.4 Å². The van der Waals surface area contributed by atoms with Gasteiger partial charge in [-0.1, -0.05) is 120 Å². The number of benzene rings is 7. The SMILES string of the molecule is CC(C)(C)c1ccc2[nH]c3c(-c4nc5c(-c6cc(-c7ccccn7)c7oc8ccccc8c7c6)cccc5n4-c4cccc5ccccc45)cc(C(C)(C)C)cc3c2c1. The Morgan fingerprint density at radius 1 is 0.559 bits per heavy atom. The molecule has 286 valence electrons. The smallest absolute Gasteiger partial charge is 0.147 e. The van der Waals surface area contributed by atoms with E-state index in [1.54, 1.807) is 0 Å². The van der Waals surface area contributed by atoms with Gasteiger partial charge in [0.2, 0.25) is 0 Å². The van der Waals surface area contributed by atoms with Crippen LogP contribution in [0.5, 0.6) is 0 Å². The van der Waals surface area contributed by atoms with E-state index in [-0.39, 0.29) is 10.8 Å². The van der Waals surface area contributed by atoms with Crippen LogP contribution in [0.2, 0.25) is 0 Å². The molecule has 4 heterocycles. The molecule has 0 saturated heterocycles. The van der Waals surface area contributed by atoms with E-state index >= 15 is 0 Å². The van der Waals surface area contributed by atoms with Crippen molar-refractivity contribution >= 4 is 65.6 Å². The first-order valence-electron chi connectivity index (χ1n) is 20.5. The summed E-state index contributed by atoms with van der Waals surface area (Å²) in [5.41, 5.74) is 14.4. The van der Waals surface area contributed by atoms with Crippen molar-refractivity contribution in [3.8, 4) is 39.5 Å². The van der Waals surface area contributed by atoms with Gasteiger partial charge >= 0.3 is 0 Å². The molecule has 5 nitrogen and oxygen atoms in total. The van der Waals surface area contributed by atoms with Crippen LogP contribution in [0, 0.1) is 0 Å². The van der Waals surface area contributed by atoms with Crippen LogP contribution in [-0.4, -0.2) is 19.5 Å². The predicted octanol–water partition coefficient (Wildman–Crippen LogP) is 14.7. The number of fused-ring (bicyclic) bond motifs is 8. The maximum absolute atomic E-state index is 6.56. The van der Waals surface area contributed by atoms with Gasteiger partial charge in [-0.3, -0.25) is 9.55 Å². The Kier molecular flexibility index (Phi) is 7.61. The minimum absolute atomic E-state index is 0.0171. The van der Waals surface area contributed by atoms with Crippen LogP contribution < -0.4 is 0 Å². The second-order valence-corrected chi connectivity index (χ2v) is 18.0. The third-order valence-corrected chi connectivity index (χ3v) is 12.1. The fourth-order valence-corrected chi connectivity index (χ4v) is 8.93. The highest BCUT2D eigenvalue weighted by Gasteiger charge is 2.26. The lowest BCUT2D eigenvalue weighted by molar-refractivity contribution is 0.590. The van der Waals surface area contributed by atoms with Crippen molar-refractivity contribution < 1.29 is 4.42 Å². The molecule has 0 spiro atoms. The Hall–Kier alpha value is -6.98. The molecule has 0 radical (unpaired) electrons. The lowest BCUT2D eigenvalue weighted by atomic mass is 9.84. The highest BCUT2D eigenvalue weighted by molar-refractivity contribution is 6.14. The van der Waals surface area contributed by atoms with Gasteiger partial charge in [-0.05, 0) is 99.6 Å². The Labute approximate surface area is 343 Å². The van der Waals surface area contributed by atoms with Crippen molar-refractivity contribution in [2.45, 2.75) is 52.4 Å². The van der Waals surface area contributed by atoms with Gasteiger partial charge in [0.1, 0.15) is 17.0 Å². The summed E-state index contributed by atoms with van der Waals surface area (Å²) in [6.07, 6.45) is 1.84. The highest BCUT2D eigenvalue weighted by Crippen LogP contribution is 2.44. The van der Waals surface area contributed by atoms with Crippen LogP contribution in [0.4, 0.5) is 0 Å². The molecular weight excluding hydrogens is 721 g/mol. The largest absolute Gasteiger partial charge is 0.455 e. The van der Waals surface area contributed by atoms with Gasteiger partial charge in [0.05, 0.1) is 27.9 Å². The third kappa shape index (κ3) is 5.60. The Morgan fingerprint density at radius 3 is 2.12 bits per heavy atom. The van der Waals surface area contributed by atoms with E-state index in [1.165, 1.54) is 32.7 Å². The molecule has 11 aromatic rings. The molecule has 1 N–H and O–H groups in total. The molecule has 59 heavy (non-hydrogen) atoms. The zero-order valence-electron chi connectivity index (χ0n) is 34.2. The number of hydrogen-bond acceptors (Lipinski definition) is 3. The molecule has 0 unspecified atom stereocenters. The van der Waals surface area contributed by atoms with Crippen LogP contribution in [-0.2, 0) is 10.8 Å². The molecule has 4 aromatic heterocycles. The van der Waals surface area contributed by atoms with Crippen molar-refractivity contribution in [2.24, 2.45) is 0 Å². The van der Waals surface area contributed by atoms with Crippen molar-refractivity contribution in [2.75, 3.05) is 0 Å². The van der Waals surface area contributed by atoms with Gasteiger partial charge in [0, 0.05) is 55.3 Å². The van der Waals surface area contributed by atoms with Crippen LogP contribution in [0.1, 0.15) is 52.7 Å². The van der Waals surface area contributed by atoms with E-state index < -0.39 is 0 Å². The number of furan rings is 1. The molecule has 0 aliphatic rings. The number of imidazole rings is 1. The fraction of sp³-hybridized carbons (Fsp3) is 0.148. The van der Waals surface area contributed by atoms with Gasteiger partial charge in [-0.15, -0.1) is 0 Å². The van der Waals surface area contributed by atoms with Crippen molar-refractivity contribution in [1.29, 1.82) is 0 Å². The normalized spacial score (nSPS) is 12.6. The Balaban J connectivity index is 1.26. The molecule has 0 saturated carbocycles. The summed E-state index contributed by atoms with van der Waals surface area (Å²) in [5.74, 6) is 0.891. The van der Waals surface area contributed by atoms with Crippen LogP contribution in [0.15, 0.2) is 156 Å². The number of nitrogens with one attached hydrogen (secondary N) is 1. The number of para-hydroxylation sites is 2. The average Bonchev–Trinajstić information content (AvgIpc) is 3.94. The number of rotatable bonds is 4. The topological polar surface area (TPSA) is 59.6 Å². The first kappa shape index (κ1) is 35.2. The first-order valence-corrected chi connectivity index (χ1v) is 20.5. The average molecular weight is 765 g/mol. The van der Waals surface area contributed by atoms with E-state index in [0.29, 0.717) is 0 Å². The maximum Gasteiger partial charge on any atom is 0.147 e. The molecule has 0 bridgehead atoms. The highest BCUT2D eigenvalue weighted by atomic mass is 16.3. The minimum Gasteiger partial charge on any atom is -0.455 e. The second-order valence-electron chi connectivity index (χ2n) is 18.0. The zero-order valence-corrected chi connectivity index (χ0v) is 34.2. The van der Waals surface area contributed by atoms with Gasteiger partial charge in [-0.2, -0.15) is 0 Å². The predicted molar refractivity (Wildman–Crippen MR) is 247 cm³/mol. The van der Waals surface area contributed by atoms with E-state index in [9.17, 15) is 0 Å². The number of H-pyrrole nitrogens is 1. The summed E-state index contributed by atoms with van der Waals surface area (Å²) < 4.78 is 8.95. The van der Waals surface area contributed by atoms with E-state index in [0.717, 1.165) is 83.5 Å². The number of pyridine rings is 1. The summed E-state index contributed by atoms with van der Waals surface area (Å²) in [4.78, 5) is 14.5. The van der Waals surface area contributed by atoms with Crippen LogP contribution in [0.3, 0.4) is 0 Å². The van der Waals surface area contributed by atoms with Gasteiger partial charge in [0.15, 0.2) is 0 Å². The van der Waals surface area contributed by atoms with Crippen molar-refractivity contribution in [3.63, 3.8) is 0 Å². The lowest BCUT2D eigenvalue weighted by Crippen LogP contribution is -2.11. The van der Waals surface area contributed by atoms with Crippen LogP contribution in [0.25, 0.3) is 105 Å². The molecule has 11 rings (SSSR count). The number of aromatic nitrogens is 4. The fourth-order valence-electron chi connectivity index (χ4n) is 8.93. The molecule has 0 aliphatic heterocycles. The molecule has 0 atom stereocenters. The standard InChI is InChI=1S/C54H44N4O/c1-53(2,3)34-24-25-45-39(29-34)40-30-35(54(4,5)6)31-43(49(40)56-45)52-57-50-37(19-14-22-47(50)58(52)46-21-13-16-32-15-7-8-17-36(32)46)33-27-41-38-18-9-10-23-48(38)59-51(41)42(28-33)44-20-11-12-26-55-44/h7-31,56H,1-6H3. The maximum atomic E-state index is 6.56. The summed E-state index contributed by atoms with van der Waals surface area (Å²) in [6, 6.07) is 52.3.